The molecule has 1 aromatic heterocycles. The number of nitrogens with zero attached hydrogens (tertiary/aromatic N) is 1. The van der Waals surface area contributed by atoms with E-state index in [2.05, 4.69) is 15.0 Å². The van der Waals surface area contributed by atoms with Gasteiger partial charge in [-0.3, -0.25) is 4.79 Å². The molecule has 1 amide bonds. The number of carbonyl (C=O) groups excluding carboxylic acids is 1. The topological polar surface area (TPSA) is 77.2 Å². The summed E-state index contributed by atoms with van der Waals surface area (Å²) < 4.78 is 54.0. The Hall–Kier alpha value is -1.90. The second-order valence-corrected chi connectivity index (χ2v) is 5.84. The molecule has 0 bridgehead atoms. The van der Waals surface area contributed by atoms with Crippen LogP contribution in [0.25, 0.3) is 0 Å². The molecule has 0 aliphatic heterocycles. The Morgan fingerprint density at radius 2 is 2.17 bits per heavy atom. The lowest BCUT2D eigenvalue weighted by Gasteiger charge is -2.16. The van der Waals surface area contributed by atoms with Gasteiger partial charge in [0.1, 0.15) is 0 Å². The van der Waals surface area contributed by atoms with Crippen LogP contribution in [-0.2, 0) is 4.79 Å². The van der Waals surface area contributed by atoms with Crippen LogP contribution >= 0.6 is 0 Å². The summed E-state index contributed by atoms with van der Waals surface area (Å²) in [6, 6.07) is 2.65. The number of amides is 1. The summed E-state index contributed by atoms with van der Waals surface area (Å²) in [4.78, 5) is 15.6. The van der Waals surface area contributed by atoms with Crippen molar-refractivity contribution in [2.45, 2.75) is 44.1 Å². The first-order valence-electron chi connectivity index (χ1n) is 7.58. The van der Waals surface area contributed by atoms with E-state index in [1.165, 1.54) is 18.3 Å². The highest BCUT2D eigenvalue weighted by molar-refractivity contribution is 5.90. The molecule has 1 aliphatic rings. The molecule has 2 rings (SSSR count). The minimum Gasteiger partial charge on any atom is -0.471 e. The van der Waals surface area contributed by atoms with Crippen LogP contribution in [0, 0.1) is 5.92 Å². The molecule has 1 heterocycles. The average molecular weight is 349 g/mol. The molecule has 24 heavy (non-hydrogen) atoms. The second-order valence-electron chi connectivity index (χ2n) is 5.84. The highest BCUT2D eigenvalue weighted by atomic mass is 19.3. The quantitative estimate of drug-likeness (QED) is 0.742. The third-order valence-corrected chi connectivity index (χ3v) is 3.92. The summed E-state index contributed by atoms with van der Waals surface area (Å²) in [5.74, 6) is -4.53. The van der Waals surface area contributed by atoms with Gasteiger partial charge in [-0.1, -0.05) is 6.42 Å². The summed E-state index contributed by atoms with van der Waals surface area (Å²) in [6.45, 7) is -1.47. The van der Waals surface area contributed by atoms with Crippen molar-refractivity contribution in [1.82, 2.24) is 4.98 Å². The Balaban J connectivity index is 1.82. The fourth-order valence-electron chi connectivity index (χ4n) is 2.54. The number of hydrogen-bond donors (Lipinski definition) is 2. The number of nitrogens with two attached hydrogens (primary N) is 1. The molecule has 0 aromatic carbocycles. The van der Waals surface area contributed by atoms with Crippen LogP contribution in [0.15, 0.2) is 18.3 Å². The number of carbonyl (C=O) groups is 1. The number of pyridine rings is 1. The van der Waals surface area contributed by atoms with Crippen molar-refractivity contribution in [1.29, 1.82) is 0 Å². The van der Waals surface area contributed by atoms with Gasteiger partial charge in [-0.05, 0) is 24.8 Å². The van der Waals surface area contributed by atoms with E-state index >= 15 is 0 Å². The van der Waals surface area contributed by atoms with E-state index in [1.54, 1.807) is 0 Å². The van der Waals surface area contributed by atoms with Gasteiger partial charge < -0.3 is 15.8 Å². The van der Waals surface area contributed by atoms with Gasteiger partial charge in [0.15, 0.2) is 6.61 Å². The molecule has 3 N–H and O–H groups in total. The third-order valence-electron chi connectivity index (χ3n) is 3.92. The summed E-state index contributed by atoms with van der Waals surface area (Å²) in [6.07, 6.45) is 0.545. The lowest BCUT2D eigenvalue weighted by atomic mass is 10.00. The standard InChI is InChI=1S/C15H19F4N3O2/c16-14(17)15(18,19)8-24-13-5-4-10(7-21-13)22-12(23)6-9-2-1-3-11(9)20/h4-5,7,9,11,14H,1-3,6,8,20H2,(H,22,23)/t9-,11+/m0/s1. The average Bonchev–Trinajstić information content (AvgIpc) is 2.91. The van der Waals surface area contributed by atoms with Crippen LogP contribution in [-0.4, -0.2) is 35.9 Å². The lowest BCUT2D eigenvalue weighted by Crippen LogP contribution is -2.33. The van der Waals surface area contributed by atoms with E-state index in [-0.39, 0.29) is 23.7 Å². The molecule has 1 aliphatic carbocycles. The first kappa shape index (κ1) is 18.4. The van der Waals surface area contributed by atoms with E-state index < -0.39 is 19.0 Å². The van der Waals surface area contributed by atoms with Crippen LogP contribution in [0.2, 0.25) is 0 Å². The number of aromatic nitrogens is 1. The molecule has 1 fully saturated rings. The Kier molecular flexibility index (Phi) is 5.98. The van der Waals surface area contributed by atoms with E-state index in [4.69, 9.17) is 5.73 Å². The van der Waals surface area contributed by atoms with Crippen LogP contribution in [0.3, 0.4) is 0 Å². The maximum Gasteiger partial charge on any atom is 0.340 e. The highest BCUT2D eigenvalue weighted by Crippen LogP contribution is 2.27. The van der Waals surface area contributed by atoms with Crippen molar-refractivity contribution >= 4 is 11.6 Å². The molecule has 0 spiro atoms. The predicted molar refractivity (Wildman–Crippen MR) is 79.2 cm³/mol. The first-order chi connectivity index (χ1) is 11.3. The first-order valence-corrected chi connectivity index (χ1v) is 7.58. The summed E-state index contributed by atoms with van der Waals surface area (Å²) in [5, 5.41) is 2.63. The van der Waals surface area contributed by atoms with Gasteiger partial charge >= 0.3 is 12.3 Å². The maximum absolute atomic E-state index is 12.7. The lowest BCUT2D eigenvalue weighted by molar-refractivity contribution is -0.148. The molecule has 0 radical (unpaired) electrons. The molecule has 5 nitrogen and oxygen atoms in total. The van der Waals surface area contributed by atoms with E-state index in [1.807, 2.05) is 0 Å². The fourth-order valence-corrected chi connectivity index (χ4v) is 2.54. The molecule has 1 aromatic rings. The number of nitrogens with one attached hydrogen (secondary N) is 1. The monoisotopic (exact) mass is 349 g/mol. The van der Waals surface area contributed by atoms with Crippen molar-refractivity contribution in [2.75, 3.05) is 11.9 Å². The largest absolute Gasteiger partial charge is 0.471 e. The van der Waals surface area contributed by atoms with Gasteiger partial charge in [-0.2, -0.15) is 8.78 Å². The number of halogens is 4. The zero-order chi connectivity index (χ0) is 17.7. The van der Waals surface area contributed by atoms with Gasteiger partial charge in [0.25, 0.3) is 0 Å². The number of rotatable bonds is 7. The highest BCUT2D eigenvalue weighted by Gasteiger charge is 2.41. The maximum atomic E-state index is 12.7. The zero-order valence-electron chi connectivity index (χ0n) is 12.9. The molecular weight excluding hydrogens is 330 g/mol. The molecule has 0 saturated heterocycles. The zero-order valence-corrected chi connectivity index (χ0v) is 12.9. The van der Waals surface area contributed by atoms with Crippen LogP contribution < -0.4 is 15.8 Å². The van der Waals surface area contributed by atoms with Crippen molar-refractivity contribution in [3.05, 3.63) is 18.3 Å². The van der Waals surface area contributed by atoms with E-state index in [0.29, 0.717) is 12.1 Å². The van der Waals surface area contributed by atoms with Gasteiger partial charge in [0.05, 0.1) is 11.9 Å². The number of anilines is 1. The fraction of sp³-hybridized carbons (Fsp3) is 0.600. The Bertz CT molecular complexity index is 554. The van der Waals surface area contributed by atoms with E-state index in [0.717, 1.165) is 19.3 Å². The minimum atomic E-state index is -4.24. The Morgan fingerprint density at radius 1 is 1.42 bits per heavy atom. The van der Waals surface area contributed by atoms with Gasteiger partial charge in [-0.25, -0.2) is 13.8 Å². The third kappa shape index (κ3) is 5.05. The van der Waals surface area contributed by atoms with Crippen molar-refractivity contribution in [2.24, 2.45) is 11.7 Å². The smallest absolute Gasteiger partial charge is 0.340 e. The number of hydrogen-bond acceptors (Lipinski definition) is 4. The normalized spacial score (nSPS) is 21.1. The summed E-state index contributed by atoms with van der Waals surface area (Å²) >= 11 is 0. The van der Waals surface area contributed by atoms with Crippen LogP contribution in [0.4, 0.5) is 23.2 Å². The predicted octanol–water partition coefficient (Wildman–Crippen LogP) is 2.82. The molecule has 9 heteroatoms. The van der Waals surface area contributed by atoms with Crippen molar-refractivity contribution in [3.8, 4) is 5.88 Å². The van der Waals surface area contributed by atoms with Gasteiger partial charge in [0.2, 0.25) is 11.8 Å². The molecule has 134 valence electrons. The van der Waals surface area contributed by atoms with E-state index in [9.17, 15) is 22.4 Å². The van der Waals surface area contributed by atoms with Crippen molar-refractivity contribution < 1.29 is 27.1 Å². The molecule has 0 unspecified atom stereocenters. The number of ether oxygens (including phenoxy) is 1. The van der Waals surface area contributed by atoms with Gasteiger partial charge in [0, 0.05) is 18.5 Å². The van der Waals surface area contributed by atoms with Gasteiger partial charge in [-0.15, -0.1) is 0 Å². The molecule has 2 atom stereocenters. The summed E-state index contributed by atoms with van der Waals surface area (Å²) in [5.41, 5.74) is 6.27. The van der Waals surface area contributed by atoms with Crippen molar-refractivity contribution in [3.63, 3.8) is 0 Å². The molecule has 1 saturated carbocycles. The molecular formula is C15H19F4N3O2. The van der Waals surface area contributed by atoms with Crippen LogP contribution in [0.5, 0.6) is 5.88 Å². The second kappa shape index (κ2) is 7.78. The summed E-state index contributed by atoms with van der Waals surface area (Å²) in [7, 11) is 0. The minimum absolute atomic E-state index is 0.0288. The Morgan fingerprint density at radius 3 is 2.71 bits per heavy atom. The SMILES string of the molecule is N[C@@H]1CCC[C@H]1CC(=O)Nc1ccc(OCC(F)(F)C(F)F)nc1. The van der Waals surface area contributed by atoms with Crippen LogP contribution in [0.1, 0.15) is 25.7 Å². The number of alkyl halides is 4. The Labute approximate surface area is 136 Å².